The minimum Gasteiger partial charge on any atom is -0.440 e. The van der Waals surface area contributed by atoms with Gasteiger partial charge < -0.3 is 14.8 Å². The third kappa shape index (κ3) is 2.78. The van der Waals surface area contributed by atoms with Gasteiger partial charge in [-0.05, 0) is 30.2 Å². The first-order valence-electron chi connectivity index (χ1n) is 8.33. The first-order valence-corrected chi connectivity index (χ1v) is 8.33. The Hall–Kier alpha value is -2.99. The summed E-state index contributed by atoms with van der Waals surface area (Å²) in [7, 11) is 0. The van der Waals surface area contributed by atoms with Crippen LogP contribution in [-0.4, -0.2) is 22.1 Å². The molecule has 0 saturated carbocycles. The van der Waals surface area contributed by atoms with Crippen molar-refractivity contribution in [3.8, 4) is 11.5 Å². The Morgan fingerprint density at radius 2 is 1.96 bits per heavy atom. The van der Waals surface area contributed by atoms with Crippen molar-refractivity contribution in [2.24, 2.45) is 0 Å². The molecular formula is C20H17FN2O3. The van der Waals surface area contributed by atoms with Crippen molar-refractivity contribution in [2.45, 2.75) is 25.5 Å². The van der Waals surface area contributed by atoms with E-state index in [0.29, 0.717) is 12.2 Å². The number of nitrogens with one attached hydrogen (secondary N) is 1. The van der Waals surface area contributed by atoms with Gasteiger partial charge in [0.25, 0.3) is 5.91 Å². The van der Waals surface area contributed by atoms with Crippen LogP contribution in [0.1, 0.15) is 33.4 Å². The predicted octanol–water partition coefficient (Wildman–Crippen LogP) is 3.18. The molecular weight excluding hydrogens is 335 g/mol. The van der Waals surface area contributed by atoms with E-state index in [1.165, 1.54) is 6.07 Å². The summed E-state index contributed by atoms with van der Waals surface area (Å²) in [4.78, 5) is 16.8. The highest BCUT2D eigenvalue weighted by Crippen LogP contribution is 2.32. The van der Waals surface area contributed by atoms with Gasteiger partial charge in [-0.25, -0.2) is 9.37 Å². The van der Waals surface area contributed by atoms with Crippen molar-refractivity contribution in [1.29, 1.82) is 0 Å². The summed E-state index contributed by atoms with van der Waals surface area (Å²) >= 11 is 0. The minimum absolute atomic E-state index is 0.0538. The van der Waals surface area contributed by atoms with Crippen LogP contribution in [0.3, 0.4) is 0 Å². The number of fused-ring (bicyclic) bond motifs is 1. The van der Waals surface area contributed by atoms with Gasteiger partial charge in [-0.1, -0.05) is 36.4 Å². The van der Waals surface area contributed by atoms with E-state index >= 15 is 0 Å². The van der Waals surface area contributed by atoms with Crippen LogP contribution in [0.2, 0.25) is 0 Å². The molecule has 1 aliphatic rings. The first-order chi connectivity index (χ1) is 12.5. The number of rotatable bonds is 3. The van der Waals surface area contributed by atoms with E-state index in [0.717, 1.165) is 11.1 Å². The molecule has 5 nitrogen and oxygen atoms in total. The SMILES string of the molecule is Cc1oc(-c2ccccc2F)nc1C(=O)N[C@H]1c2ccccc2C[C@H]1O. The van der Waals surface area contributed by atoms with Crippen molar-refractivity contribution in [2.75, 3.05) is 0 Å². The molecule has 0 spiro atoms. The Balaban J connectivity index is 1.61. The number of oxazole rings is 1. The number of halogens is 1. The number of hydrogen-bond acceptors (Lipinski definition) is 4. The van der Waals surface area contributed by atoms with Crippen LogP contribution in [-0.2, 0) is 6.42 Å². The monoisotopic (exact) mass is 352 g/mol. The van der Waals surface area contributed by atoms with Gasteiger partial charge in [0, 0.05) is 6.42 Å². The summed E-state index contributed by atoms with van der Waals surface area (Å²) in [5.74, 6) is -0.588. The average Bonchev–Trinajstić information content (AvgIpc) is 3.16. The van der Waals surface area contributed by atoms with Gasteiger partial charge in [0.15, 0.2) is 5.69 Å². The summed E-state index contributed by atoms with van der Waals surface area (Å²) in [6, 6.07) is 13.2. The minimum atomic E-state index is -0.699. The summed E-state index contributed by atoms with van der Waals surface area (Å²) in [5, 5.41) is 13.1. The molecule has 26 heavy (non-hydrogen) atoms. The first kappa shape index (κ1) is 16.5. The van der Waals surface area contributed by atoms with Crippen LogP contribution in [0.15, 0.2) is 52.9 Å². The van der Waals surface area contributed by atoms with Crippen LogP contribution in [0.5, 0.6) is 0 Å². The quantitative estimate of drug-likeness (QED) is 0.759. The fourth-order valence-electron chi connectivity index (χ4n) is 3.31. The number of carbonyl (C=O) groups is 1. The second-order valence-electron chi connectivity index (χ2n) is 6.33. The summed E-state index contributed by atoms with van der Waals surface area (Å²) in [6.45, 7) is 1.60. The normalized spacial score (nSPS) is 18.6. The molecule has 1 aromatic heterocycles. The third-order valence-electron chi connectivity index (χ3n) is 4.61. The molecule has 0 unspecified atom stereocenters. The molecule has 6 heteroatoms. The highest BCUT2D eigenvalue weighted by Gasteiger charge is 2.33. The lowest BCUT2D eigenvalue weighted by molar-refractivity contribution is 0.0852. The molecule has 132 valence electrons. The van der Waals surface area contributed by atoms with Gasteiger partial charge in [0.2, 0.25) is 5.89 Å². The van der Waals surface area contributed by atoms with E-state index in [1.807, 2.05) is 24.3 Å². The maximum atomic E-state index is 13.9. The number of nitrogens with zero attached hydrogens (tertiary/aromatic N) is 1. The molecule has 0 saturated heterocycles. The fourth-order valence-corrected chi connectivity index (χ4v) is 3.31. The Kier molecular flexibility index (Phi) is 4.05. The molecule has 1 aliphatic carbocycles. The van der Waals surface area contributed by atoms with Gasteiger partial charge >= 0.3 is 0 Å². The summed E-state index contributed by atoms with van der Waals surface area (Å²) in [6.07, 6.45) is -0.214. The number of hydrogen-bond donors (Lipinski definition) is 2. The van der Waals surface area contributed by atoms with Gasteiger partial charge in [-0.2, -0.15) is 0 Å². The topological polar surface area (TPSA) is 75.4 Å². The van der Waals surface area contributed by atoms with Gasteiger partial charge in [0.05, 0.1) is 17.7 Å². The highest BCUT2D eigenvalue weighted by atomic mass is 19.1. The Bertz CT molecular complexity index is 983. The van der Waals surface area contributed by atoms with Crippen LogP contribution >= 0.6 is 0 Å². The molecule has 2 aromatic carbocycles. The number of carbonyl (C=O) groups excluding carboxylic acids is 1. The lowest BCUT2D eigenvalue weighted by Gasteiger charge is -2.17. The molecule has 0 fully saturated rings. The van der Waals surface area contributed by atoms with E-state index < -0.39 is 23.9 Å². The third-order valence-corrected chi connectivity index (χ3v) is 4.61. The smallest absolute Gasteiger partial charge is 0.274 e. The maximum Gasteiger partial charge on any atom is 0.274 e. The highest BCUT2D eigenvalue weighted by molar-refractivity contribution is 5.94. The molecule has 4 rings (SSSR count). The molecule has 2 atom stereocenters. The Morgan fingerprint density at radius 1 is 1.23 bits per heavy atom. The average molecular weight is 352 g/mol. The lowest BCUT2D eigenvalue weighted by Crippen LogP contribution is -2.34. The maximum absolute atomic E-state index is 13.9. The number of aliphatic hydroxyl groups excluding tert-OH is 1. The van der Waals surface area contributed by atoms with Crippen molar-refractivity contribution in [1.82, 2.24) is 10.3 Å². The van der Waals surface area contributed by atoms with Crippen molar-refractivity contribution in [3.63, 3.8) is 0 Å². The van der Waals surface area contributed by atoms with Crippen molar-refractivity contribution < 1.29 is 18.7 Å². The van der Waals surface area contributed by atoms with Crippen LogP contribution in [0.25, 0.3) is 11.5 Å². The van der Waals surface area contributed by atoms with Gasteiger partial charge in [-0.3, -0.25) is 4.79 Å². The zero-order valence-corrected chi connectivity index (χ0v) is 14.1. The zero-order valence-electron chi connectivity index (χ0n) is 14.1. The van der Waals surface area contributed by atoms with Crippen molar-refractivity contribution in [3.05, 3.63) is 76.9 Å². The van der Waals surface area contributed by atoms with Crippen LogP contribution in [0, 0.1) is 12.7 Å². The second-order valence-corrected chi connectivity index (χ2v) is 6.33. The number of aromatic nitrogens is 1. The van der Waals surface area contributed by atoms with Crippen LogP contribution in [0.4, 0.5) is 4.39 Å². The molecule has 0 radical (unpaired) electrons. The lowest BCUT2D eigenvalue weighted by atomic mass is 10.1. The van der Waals surface area contributed by atoms with E-state index in [2.05, 4.69) is 10.3 Å². The number of aryl methyl sites for hydroxylation is 1. The van der Waals surface area contributed by atoms with Gasteiger partial charge in [-0.15, -0.1) is 0 Å². The standard InChI is InChI=1S/C20H17FN2O3/c1-11-17(23-20(26-11)14-8-4-5-9-15(14)21)19(25)22-18-13-7-3-2-6-12(13)10-16(18)24/h2-9,16,18,24H,10H2,1H3,(H,22,25)/t16-,18+/m1/s1. The Morgan fingerprint density at radius 3 is 2.77 bits per heavy atom. The second kappa shape index (κ2) is 6.38. The predicted molar refractivity (Wildman–Crippen MR) is 93.0 cm³/mol. The van der Waals surface area contributed by atoms with E-state index in [1.54, 1.807) is 25.1 Å². The summed E-state index contributed by atoms with van der Waals surface area (Å²) < 4.78 is 19.4. The molecule has 0 bridgehead atoms. The zero-order chi connectivity index (χ0) is 18.3. The largest absolute Gasteiger partial charge is 0.440 e. The van der Waals surface area contributed by atoms with E-state index in [9.17, 15) is 14.3 Å². The fraction of sp³-hybridized carbons (Fsp3) is 0.200. The number of amides is 1. The Labute approximate surface area is 149 Å². The summed E-state index contributed by atoms with van der Waals surface area (Å²) in [5.41, 5.74) is 2.18. The van der Waals surface area contributed by atoms with Gasteiger partial charge in [0.1, 0.15) is 11.6 Å². The molecule has 0 aliphatic heterocycles. The van der Waals surface area contributed by atoms with E-state index in [-0.39, 0.29) is 17.1 Å². The molecule has 2 N–H and O–H groups in total. The number of aliphatic hydroxyl groups is 1. The molecule has 3 aromatic rings. The number of benzene rings is 2. The van der Waals surface area contributed by atoms with Crippen LogP contribution < -0.4 is 5.32 Å². The van der Waals surface area contributed by atoms with E-state index in [4.69, 9.17) is 4.42 Å². The van der Waals surface area contributed by atoms with Crippen molar-refractivity contribution >= 4 is 5.91 Å². The molecule has 1 amide bonds. The molecule has 1 heterocycles.